The van der Waals surface area contributed by atoms with Gasteiger partial charge in [0.05, 0.1) is 5.60 Å². The Bertz CT molecular complexity index is 435. The number of anilines is 1. The fourth-order valence-electron chi connectivity index (χ4n) is 1.63. The molecule has 3 N–H and O–H groups in total. The molecule has 1 aromatic carbocycles. The summed E-state index contributed by atoms with van der Waals surface area (Å²) in [5.41, 5.74) is 7.05. The van der Waals surface area contributed by atoms with Crippen molar-refractivity contribution in [3.05, 3.63) is 28.8 Å². The van der Waals surface area contributed by atoms with Gasteiger partial charge in [0.15, 0.2) is 0 Å². The van der Waals surface area contributed by atoms with Gasteiger partial charge in [0.1, 0.15) is 4.99 Å². The fourth-order valence-corrected chi connectivity index (χ4v) is 1.98. The lowest BCUT2D eigenvalue weighted by Crippen LogP contribution is -2.33. The monoisotopic (exact) mass is 286 g/mol. The molecule has 1 aromatic rings. The Morgan fingerprint density at radius 2 is 2.17 bits per heavy atom. The third-order valence-electron chi connectivity index (χ3n) is 2.49. The average molecular weight is 287 g/mol. The van der Waals surface area contributed by atoms with Gasteiger partial charge in [0.2, 0.25) is 0 Å². The SMILES string of the molecule is CCOC(C)(C)CNc1cc(Cl)ccc1C(N)=S. The van der Waals surface area contributed by atoms with E-state index in [1.807, 2.05) is 32.9 Å². The molecular weight excluding hydrogens is 268 g/mol. The Kier molecular flexibility index (Phi) is 5.38. The van der Waals surface area contributed by atoms with Gasteiger partial charge in [-0.05, 0) is 39.0 Å². The minimum Gasteiger partial charge on any atom is -0.389 e. The lowest BCUT2D eigenvalue weighted by atomic mass is 10.1. The van der Waals surface area contributed by atoms with Crippen LogP contribution in [0.25, 0.3) is 0 Å². The van der Waals surface area contributed by atoms with Crippen LogP contribution < -0.4 is 11.1 Å². The summed E-state index contributed by atoms with van der Waals surface area (Å²) >= 11 is 11.0. The van der Waals surface area contributed by atoms with Gasteiger partial charge in [0.25, 0.3) is 0 Å². The quantitative estimate of drug-likeness (QED) is 0.789. The van der Waals surface area contributed by atoms with Gasteiger partial charge in [-0.25, -0.2) is 0 Å². The van der Waals surface area contributed by atoms with Crippen molar-refractivity contribution >= 4 is 34.5 Å². The first kappa shape index (κ1) is 15.2. The van der Waals surface area contributed by atoms with E-state index in [4.69, 9.17) is 34.3 Å². The van der Waals surface area contributed by atoms with E-state index in [0.717, 1.165) is 11.3 Å². The van der Waals surface area contributed by atoms with E-state index in [0.29, 0.717) is 23.2 Å². The predicted molar refractivity (Wildman–Crippen MR) is 81.5 cm³/mol. The summed E-state index contributed by atoms with van der Waals surface area (Å²) in [4.78, 5) is 0.350. The molecule has 0 heterocycles. The van der Waals surface area contributed by atoms with Crippen molar-refractivity contribution in [2.24, 2.45) is 5.73 Å². The largest absolute Gasteiger partial charge is 0.389 e. The molecule has 0 saturated carbocycles. The summed E-state index contributed by atoms with van der Waals surface area (Å²) in [6.07, 6.45) is 0. The van der Waals surface area contributed by atoms with Crippen LogP contribution in [-0.2, 0) is 4.74 Å². The summed E-state index contributed by atoms with van der Waals surface area (Å²) in [7, 11) is 0. The molecule has 0 aliphatic heterocycles. The zero-order valence-corrected chi connectivity index (χ0v) is 12.5. The van der Waals surface area contributed by atoms with Crippen molar-refractivity contribution in [1.29, 1.82) is 0 Å². The summed E-state index contributed by atoms with van der Waals surface area (Å²) < 4.78 is 5.62. The molecule has 0 saturated heterocycles. The molecule has 0 unspecified atom stereocenters. The Morgan fingerprint density at radius 1 is 1.50 bits per heavy atom. The molecule has 18 heavy (non-hydrogen) atoms. The Balaban J connectivity index is 2.83. The number of ether oxygens (including phenoxy) is 1. The molecule has 0 amide bonds. The number of rotatable bonds is 6. The highest BCUT2D eigenvalue weighted by molar-refractivity contribution is 7.80. The molecule has 0 aliphatic rings. The van der Waals surface area contributed by atoms with Crippen molar-refractivity contribution < 1.29 is 4.74 Å². The smallest absolute Gasteiger partial charge is 0.106 e. The highest BCUT2D eigenvalue weighted by Gasteiger charge is 2.18. The third-order valence-corrected chi connectivity index (χ3v) is 2.94. The number of benzene rings is 1. The van der Waals surface area contributed by atoms with Gasteiger partial charge in [0, 0.05) is 29.4 Å². The van der Waals surface area contributed by atoms with Crippen LogP contribution in [0, 0.1) is 0 Å². The molecule has 0 radical (unpaired) electrons. The van der Waals surface area contributed by atoms with Gasteiger partial charge in [-0.1, -0.05) is 23.8 Å². The van der Waals surface area contributed by atoms with Crippen molar-refractivity contribution in [2.45, 2.75) is 26.4 Å². The van der Waals surface area contributed by atoms with Crippen molar-refractivity contribution in [1.82, 2.24) is 0 Å². The number of hydrogen-bond donors (Lipinski definition) is 2. The van der Waals surface area contributed by atoms with Crippen LogP contribution in [0.4, 0.5) is 5.69 Å². The second-order valence-electron chi connectivity index (χ2n) is 4.60. The van der Waals surface area contributed by atoms with Crippen molar-refractivity contribution in [3.8, 4) is 0 Å². The molecule has 100 valence electrons. The van der Waals surface area contributed by atoms with Crippen LogP contribution in [0.3, 0.4) is 0 Å². The van der Waals surface area contributed by atoms with Crippen molar-refractivity contribution in [3.63, 3.8) is 0 Å². The molecular formula is C13H19ClN2OS. The third kappa shape index (κ3) is 4.44. The van der Waals surface area contributed by atoms with E-state index in [9.17, 15) is 0 Å². The number of halogens is 1. The van der Waals surface area contributed by atoms with Crippen LogP contribution in [0.2, 0.25) is 5.02 Å². The maximum atomic E-state index is 5.98. The highest BCUT2D eigenvalue weighted by atomic mass is 35.5. The summed E-state index contributed by atoms with van der Waals surface area (Å²) in [6, 6.07) is 5.41. The van der Waals surface area contributed by atoms with Crippen LogP contribution in [0.15, 0.2) is 18.2 Å². The first-order chi connectivity index (χ1) is 8.35. The topological polar surface area (TPSA) is 47.3 Å². The van der Waals surface area contributed by atoms with Crippen LogP contribution >= 0.6 is 23.8 Å². The van der Waals surface area contributed by atoms with Gasteiger partial charge >= 0.3 is 0 Å². The maximum absolute atomic E-state index is 5.98. The predicted octanol–water partition coefficient (Wildman–Crippen LogP) is 3.20. The van der Waals surface area contributed by atoms with Gasteiger partial charge in [-0.15, -0.1) is 0 Å². The number of hydrogen-bond acceptors (Lipinski definition) is 3. The molecule has 0 spiro atoms. The van der Waals surface area contributed by atoms with E-state index in [1.54, 1.807) is 6.07 Å². The van der Waals surface area contributed by atoms with E-state index in [1.165, 1.54) is 0 Å². The standard InChI is InChI=1S/C13H19ClN2OS/c1-4-17-13(2,3)8-16-11-7-9(14)5-6-10(11)12(15)18/h5-7,16H,4,8H2,1-3H3,(H2,15,18). The Hall–Kier alpha value is -0.840. The zero-order chi connectivity index (χ0) is 13.8. The van der Waals surface area contributed by atoms with Gasteiger partial charge in [-0.3, -0.25) is 0 Å². The van der Waals surface area contributed by atoms with Gasteiger partial charge < -0.3 is 15.8 Å². The molecule has 0 aromatic heterocycles. The van der Waals surface area contributed by atoms with Crippen LogP contribution in [0.1, 0.15) is 26.3 Å². The van der Waals surface area contributed by atoms with E-state index >= 15 is 0 Å². The minimum absolute atomic E-state index is 0.259. The zero-order valence-electron chi connectivity index (χ0n) is 10.9. The molecule has 0 bridgehead atoms. The van der Waals surface area contributed by atoms with Crippen molar-refractivity contribution in [2.75, 3.05) is 18.5 Å². The van der Waals surface area contributed by atoms with E-state index in [2.05, 4.69) is 5.32 Å². The number of nitrogens with one attached hydrogen (secondary N) is 1. The molecule has 0 aliphatic carbocycles. The first-order valence-corrected chi connectivity index (χ1v) is 6.61. The van der Waals surface area contributed by atoms with Crippen LogP contribution in [0.5, 0.6) is 0 Å². The fraction of sp³-hybridized carbons (Fsp3) is 0.462. The first-order valence-electron chi connectivity index (χ1n) is 5.83. The summed E-state index contributed by atoms with van der Waals surface area (Å²) in [5, 5.41) is 3.93. The lowest BCUT2D eigenvalue weighted by molar-refractivity contribution is 0.000697. The summed E-state index contributed by atoms with van der Waals surface area (Å²) in [6.45, 7) is 7.34. The normalized spacial score (nSPS) is 11.3. The number of nitrogens with two attached hydrogens (primary N) is 1. The summed E-state index contributed by atoms with van der Waals surface area (Å²) in [5.74, 6) is 0. The minimum atomic E-state index is -0.259. The highest BCUT2D eigenvalue weighted by Crippen LogP contribution is 2.22. The second kappa shape index (κ2) is 6.36. The average Bonchev–Trinajstić information content (AvgIpc) is 2.26. The van der Waals surface area contributed by atoms with E-state index in [-0.39, 0.29) is 5.60 Å². The van der Waals surface area contributed by atoms with Gasteiger partial charge in [-0.2, -0.15) is 0 Å². The van der Waals surface area contributed by atoms with E-state index < -0.39 is 0 Å². The lowest BCUT2D eigenvalue weighted by Gasteiger charge is -2.26. The number of thiocarbonyl (C=S) groups is 1. The Morgan fingerprint density at radius 3 is 2.72 bits per heavy atom. The molecule has 5 heteroatoms. The van der Waals surface area contributed by atoms with Crippen LogP contribution in [-0.4, -0.2) is 23.7 Å². The molecule has 3 nitrogen and oxygen atoms in total. The molecule has 1 rings (SSSR count). The molecule has 0 fully saturated rings. The Labute approximate surface area is 119 Å². The molecule has 0 atom stereocenters. The maximum Gasteiger partial charge on any atom is 0.106 e. The second-order valence-corrected chi connectivity index (χ2v) is 5.48.